The second-order valence-electron chi connectivity index (χ2n) is 4.45. The fourth-order valence-corrected chi connectivity index (χ4v) is 1.95. The smallest absolute Gasteiger partial charge is 0.150 e. The Morgan fingerprint density at radius 2 is 1.74 bits per heavy atom. The van der Waals surface area contributed by atoms with Crippen molar-refractivity contribution in [2.75, 3.05) is 11.9 Å². The van der Waals surface area contributed by atoms with E-state index in [0.29, 0.717) is 5.56 Å². The van der Waals surface area contributed by atoms with Crippen molar-refractivity contribution in [1.29, 1.82) is 0 Å². The highest BCUT2D eigenvalue weighted by Crippen LogP contribution is 2.12. The molecule has 0 saturated heterocycles. The van der Waals surface area contributed by atoms with Gasteiger partial charge in [-0.3, -0.25) is 4.79 Å². The minimum Gasteiger partial charge on any atom is -0.394 e. The van der Waals surface area contributed by atoms with E-state index in [1.807, 2.05) is 42.5 Å². The average molecular weight is 255 g/mol. The molecular formula is C16H17NO2. The first-order valence-corrected chi connectivity index (χ1v) is 6.28. The molecule has 0 unspecified atom stereocenters. The monoisotopic (exact) mass is 255 g/mol. The predicted octanol–water partition coefficient (Wildman–Crippen LogP) is 2.51. The van der Waals surface area contributed by atoms with Crippen LogP contribution in [0.25, 0.3) is 0 Å². The summed E-state index contributed by atoms with van der Waals surface area (Å²) in [6, 6.07) is 17.2. The van der Waals surface area contributed by atoms with E-state index in [2.05, 4.69) is 5.32 Å². The van der Waals surface area contributed by atoms with Gasteiger partial charge in [0.2, 0.25) is 0 Å². The number of rotatable bonds is 6. The Bertz CT molecular complexity index is 508. The molecule has 98 valence electrons. The van der Waals surface area contributed by atoms with E-state index in [0.717, 1.165) is 18.4 Å². The topological polar surface area (TPSA) is 49.3 Å². The van der Waals surface area contributed by atoms with Crippen molar-refractivity contribution in [3.05, 3.63) is 65.7 Å². The van der Waals surface area contributed by atoms with E-state index in [1.54, 1.807) is 12.1 Å². The molecule has 0 aromatic heterocycles. The lowest BCUT2D eigenvalue weighted by Gasteiger charge is -2.17. The zero-order valence-corrected chi connectivity index (χ0v) is 10.6. The molecule has 2 rings (SSSR count). The maximum absolute atomic E-state index is 10.6. The SMILES string of the molecule is O=Cc1ccc(N[C@@H](CO)Cc2ccccc2)cc1. The fourth-order valence-electron chi connectivity index (χ4n) is 1.95. The van der Waals surface area contributed by atoms with Crippen molar-refractivity contribution in [2.24, 2.45) is 0 Å². The Balaban J connectivity index is 2.00. The molecule has 2 N–H and O–H groups in total. The molecule has 0 bridgehead atoms. The number of aliphatic hydroxyl groups is 1. The van der Waals surface area contributed by atoms with Crippen LogP contribution in [0.4, 0.5) is 5.69 Å². The van der Waals surface area contributed by atoms with E-state index in [-0.39, 0.29) is 12.6 Å². The molecular weight excluding hydrogens is 238 g/mol. The standard InChI is InChI=1S/C16H17NO2/c18-11-14-6-8-15(9-7-14)17-16(12-19)10-13-4-2-1-3-5-13/h1-9,11,16-17,19H,10,12H2/t16-/m1/s1. The van der Waals surface area contributed by atoms with Crippen molar-refractivity contribution in [3.8, 4) is 0 Å². The first kappa shape index (κ1) is 13.3. The Hall–Kier alpha value is -2.13. The zero-order chi connectivity index (χ0) is 13.5. The number of nitrogens with one attached hydrogen (secondary N) is 1. The average Bonchev–Trinajstić information content (AvgIpc) is 2.48. The van der Waals surface area contributed by atoms with E-state index >= 15 is 0 Å². The van der Waals surface area contributed by atoms with Crippen LogP contribution in [-0.4, -0.2) is 24.0 Å². The molecule has 0 fully saturated rings. The van der Waals surface area contributed by atoms with Gasteiger partial charge in [-0.2, -0.15) is 0 Å². The molecule has 0 spiro atoms. The fraction of sp³-hybridized carbons (Fsp3) is 0.188. The molecule has 0 amide bonds. The quantitative estimate of drug-likeness (QED) is 0.780. The summed E-state index contributed by atoms with van der Waals surface area (Å²) in [5.41, 5.74) is 2.73. The van der Waals surface area contributed by atoms with Crippen LogP contribution in [-0.2, 0) is 6.42 Å². The number of benzene rings is 2. The van der Waals surface area contributed by atoms with Gasteiger partial charge in [0.05, 0.1) is 12.6 Å². The van der Waals surface area contributed by atoms with Gasteiger partial charge < -0.3 is 10.4 Å². The van der Waals surface area contributed by atoms with Crippen molar-refractivity contribution < 1.29 is 9.90 Å². The molecule has 0 aliphatic heterocycles. The van der Waals surface area contributed by atoms with Crippen molar-refractivity contribution >= 4 is 12.0 Å². The van der Waals surface area contributed by atoms with Crippen molar-refractivity contribution in [3.63, 3.8) is 0 Å². The van der Waals surface area contributed by atoms with Crippen LogP contribution in [0.5, 0.6) is 0 Å². The largest absolute Gasteiger partial charge is 0.394 e. The molecule has 1 atom stereocenters. The first-order chi connectivity index (χ1) is 9.31. The third-order valence-corrected chi connectivity index (χ3v) is 2.96. The molecule has 2 aromatic rings. The lowest BCUT2D eigenvalue weighted by atomic mass is 10.1. The van der Waals surface area contributed by atoms with Gasteiger partial charge in [0.1, 0.15) is 6.29 Å². The van der Waals surface area contributed by atoms with Gasteiger partial charge >= 0.3 is 0 Å². The van der Waals surface area contributed by atoms with Gasteiger partial charge in [-0.05, 0) is 36.2 Å². The Labute approximate surface area is 112 Å². The first-order valence-electron chi connectivity index (χ1n) is 6.28. The van der Waals surface area contributed by atoms with Crippen molar-refractivity contribution in [1.82, 2.24) is 0 Å². The number of aliphatic hydroxyl groups excluding tert-OH is 1. The summed E-state index contributed by atoms with van der Waals surface area (Å²) in [7, 11) is 0. The third kappa shape index (κ3) is 3.93. The zero-order valence-electron chi connectivity index (χ0n) is 10.6. The summed E-state index contributed by atoms with van der Waals surface area (Å²) in [5.74, 6) is 0. The summed E-state index contributed by atoms with van der Waals surface area (Å²) in [6.07, 6.45) is 1.57. The van der Waals surface area contributed by atoms with E-state index in [1.165, 1.54) is 5.56 Å². The van der Waals surface area contributed by atoms with Gasteiger partial charge in [0.15, 0.2) is 0 Å². The number of hydrogen-bond acceptors (Lipinski definition) is 3. The number of carbonyl (C=O) groups is 1. The molecule has 19 heavy (non-hydrogen) atoms. The van der Waals surface area contributed by atoms with Gasteiger partial charge in [-0.25, -0.2) is 0 Å². The highest BCUT2D eigenvalue weighted by Gasteiger charge is 2.08. The summed E-state index contributed by atoms with van der Waals surface area (Å²) in [5, 5.41) is 12.7. The molecule has 3 nitrogen and oxygen atoms in total. The van der Waals surface area contributed by atoms with Gasteiger partial charge in [0, 0.05) is 11.3 Å². The molecule has 0 radical (unpaired) electrons. The second kappa shape index (κ2) is 6.71. The molecule has 0 heterocycles. The predicted molar refractivity (Wildman–Crippen MR) is 76.5 cm³/mol. The molecule has 0 aliphatic carbocycles. The van der Waals surface area contributed by atoms with E-state index in [4.69, 9.17) is 0 Å². The molecule has 0 aliphatic rings. The highest BCUT2D eigenvalue weighted by atomic mass is 16.3. The molecule has 3 heteroatoms. The Morgan fingerprint density at radius 1 is 1.05 bits per heavy atom. The van der Waals surface area contributed by atoms with Crippen LogP contribution in [0, 0.1) is 0 Å². The van der Waals surface area contributed by atoms with E-state index in [9.17, 15) is 9.90 Å². The van der Waals surface area contributed by atoms with E-state index < -0.39 is 0 Å². The second-order valence-corrected chi connectivity index (χ2v) is 4.45. The Kier molecular flexibility index (Phi) is 4.70. The summed E-state index contributed by atoms with van der Waals surface area (Å²) in [6.45, 7) is 0.0598. The maximum Gasteiger partial charge on any atom is 0.150 e. The number of anilines is 1. The molecule has 0 saturated carbocycles. The lowest BCUT2D eigenvalue weighted by molar-refractivity contribution is 0.112. The molecule has 2 aromatic carbocycles. The number of hydrogen-bond donors (Lipinski definition) is 2. The number of carbonyl (C=O) groups excluding carboxylic acids is 1. The summed E-state index contributed by atoms with van der Waals surface area (Å²) >= 11 is 0. The van der Waals surface area contributed by atoms with Crippen molar-refractivity contribution in [2.45, 2.75) is 12.5 Å². The third-order valence-electron chi connectivity index (χ3n) is 2.96. The van der Waals surface area contributed by atoms with Gasteiger partial charge in [0.25, 0.3) is 0 Å². The van der Waals surface area contributed by atoms with Gasteiger partial charge in [-0.1, -0.05) is 30.3 Å². The summed E-state index contributed by atoms with van der Waals surface area (Å²) < 4.78 is 0. The Morgan fingerprint density at radius 3 is 2.32 bits per heavy atom. The lowest BCUT2D eigenvalue weighted by Crippen LogP contribution is -2.26. The van der Waals surface area contributed by atoms with Crippen LogP contribution in [0.1, 0.15) is 15.9 Å². The summed E-state index contributed by atoms with van der Waals surface area (Å²) in [4.78, 5) is 10.6. The maximum atomic E-state index is 10.6. The minimum absolute atomic E-state index is 0.0375. The highest BCUT2D eigenvalue weighted by molar-refractivity contribution is 5.75. The van der Waals surface area contributed by atoms with Crippen LogP contribution in [0.3, 0.4) is 0 Å². The minimum atomic E-state index is -0.0375. The van der Waals surface area contributed by atoms with Crippen LogP contribution in [0.2, 0.25) is 0 Å². The van der Waals surface area contributed by atoms with Crippen LogP contribution < -0.4 is 5.32 Å². The van der Waals surface area contributed by atoms with Gasteiger partial charge in [-0.15, -0.1) is 0 Å². The van der Waals surface area contributed by atoms with Crippen LogP contribution in [0.15, 0.2) is 54.6 Å². The normalized spacial score (nSPS) is 11.8. The number of aldehydes is 1. The van der Waals surface area contributed by atoms with Crippen LogP contribution >= 0.6 is 0 Å².